The lowest BCUT2D eigenvalue weighted by Gasteiger charge is -2.18. The minimum absolute atomic E-state index is 0.00122. The van der Waals surface area contributed by atoms with Gasteiger partial charge < -0.3 is 9.47 Å². The zero-order valence-corrected chi connectivity index (χ0v) is 16.2. The van der Waals surface area contributed by atoms with E-state index >= 15 is 0 Å². The van der Waals surface area contributed by atoms with Crippen LogP contribution >= 0.6 is 0 Å². The Hall–Kier alpha value is -2.65. The Bertz CT molecular complexity index is 910. The Labute approximate surface area is 158 Å². The van der Waals surface area contributed by atoms with E-state index in [1.165, 1.54) is 16.4 Å². The highest BCUT2D eigenvalue weighted by atomic mass is 32.2. The maximum Gasteiger partial charge on any atom is 0.312 e. The minimum Gasteiger partial charge on any atom is -0.497 e. The highest BCUT2D eigenvalue weighted by Gasteiger charge is 2.26. The summed E-state index contributed by atoms with van der Waals surface area (Å²) < 4.78 is 37.1. The summed E-state index contributed by atoms with van der Waals surface area (Å²) in [6, 6.07) is 10.8. The first-order chi connectivity index (χ1) is 12.8. The number of nitro groups is 1. The number of nitrogens with zero attached hydrogens (tertiary/aromatic N) is 2. The molecule has 0 N–H and O–H groups in total. The van der Waals surface area contributed by atoms with Gasteiger partial charge in [0.1, 0.15) is 12.4 Å². The first kappa shape index (κ1) is 20.7. The lowest BCUT2D eigenvalue weighted by Crippen LogP contribution is -2.30. The van der Waals surface area contributed by atoms with Crippen LogP contribution in [0.1, 0.15) is 19.4 Å². The molecule has 0 fully saturated rings. The summed E-state index contributed by atoms with van der Waals surface area (Å²) in [6.07, 6.45) is 0. The first-order valence-corrected chi connectivity index (χ1v) is 9.81. The van der Waals surface area contributed by atoms with Gasteiger partial charge in [0.05, 0.1) is 16.9 Å². The van der Waals surface area contributed by atoms with E-state index in [1.807, 2.05) is 0 Å². The molecule has 0 aromatic heterocycles. The molecule has 0 saturated heterocycles. The van der Waals surface area contributed by atoms with Gasteiger partial charge in [-0.15, -0.1) is 0 Å². The molecular weight excluding hydrogens is 372 g/mol. The van der Waals surface area contributed by atoms with Gasteiger partial charge in [-0.1, -0.05) is 26.0 Å². The van der Waals surface area contributed by atoms with Gasteiger partial charge in [0.15, 0.2) is 5.75 Å². The van der Waals surface area contributed by atoms with Crippen molar-refractivity contribution in [3.05, 3.63) is 58.1 Å². The van der Waals surface area contributed by atoms with Crippen molar-refractivity contribution in [3.8, 4) is 11.5 Å². The van der Waals surface area contributed by atoms with Crippen molar-refractivity contribution in [1.82, 2.24) is 4.31 Å². The third kappa shape index (κ3) is 4.75. The van der Waals surface area contributed by atoms with Gasteiger partial charge in [-0.25, -0.2) is 8.42 Å². The minimum atomic E-state index is -3.79. The normalized spacial score (nSPS) is 11.4. The predicted octanol–water partition coefficient (Wildman–Crippen LogP) is 3.21. The van der Waals surface area contributed by atoms with Crippen LogP contribution in [0.3, 0.4) is 0 Å². The summed E-state index contributed by atoms with van der Waals surface area (Å²) >= 11 is 0. The molecule has 146 valence electrons. The van der Waals surface area contributed by atoms with Crippen molar-refractivity contribution >= 4 is 15.7 Å². The van der Waals surface area contributed by atoms with E-state index in [-0.39, 0.29) is 30.3 Å². The lowest BCUT2D eigenvalue weighted by molar-refractivity contribution is -0.386. The van der Waals surface area contributed by atoms with Crippen LogP contribution in [-0.4, -0.2) is 37.8 Å². The topological polar surface area (TPSA) is 99.0 Å². The Morgan fingerprint density at radius 1 is 1.11 bits per heavy atom. The third-order valence-corrected chi connectivity index (χ3v) is 6.04. The molecule has 0 aliphatic carbocycles. The maximum absolute atomic E-state index is 12.6. The number of benzene rings is 2. The smallest absolute Gasteiger partial charge is 0.312 e. The number of sulfonamides is 1. The first-order valence-electron chi connectivity index (χ1n) is 8.37. The van der Waals surface area contributed by atoms with Crippen molar-refractivity contribution in [2.45, 2.75) is 25.3 Å². The molecule has 2 aromatic rings. The quantitative estimate of drug-likeness (QED) is 0.478. The van der Waals surface area contributed by atoms with Gasteiger partial charge in [-0.3, -0.25) is 10.1 Å². The molecular formula is C18H22N2O6S. The second-order valence-corrected chi connectivity index (χ2v) is 7.55. The summed E-state index contributed by atoms with van der Waals surface area (Å²) in [6.45, 7) is 4.06. The fourth-order valence-corrected chi connectivity index (χ4v) is 4.04. The SMILES string of the molecule is CCN(CC)S(=O)(=O)c1ccc(OCc2cccc(OC)c2)c([N+](=O)[O-])c1. The molecule has 0 heterocycles. The van der Waals surface area contributed by atoms with Crippen LogP contribution in [0.4, 0.5) is 5.69 Å². The van der Waals surface area contributed by atoms with Crippen molar-refractivity contribution in [1.29, 1.82) is 0 Å². The Morgan fingerprint density at radius 3 is 2.41 bits per heavy atom. The van der Waals surface area contributed by atoms with Crippen LogP contribution in [0.2, 0.25) is 0 Å². The van der Waals surface area contributed by atoms with E-state index in [4.69, 9.17) is 9.47 Å². The zero-order chi connectivity index (χ0) is 20.0. The Morgan fingerprint density at radius 2 is 1.81 bits per heavy atom. The van der Waals surface area contributed by atoms with Crippen LogP contribution in [-0.2, 0) is 16.6 Å². The number of hydrogen-bond donors (Lipinski definition) is 0. The highest BCUT2D eigenvalue weighted by Crippen LogP contribution is 2.31. The molecule has 2 aromatic carbocycles. The fourth-order valence-electron chi connectivity index (χ4n) is 2.56. The van der Waals surface area contributed by atoms with Crippen LogP contribution in [0.15, 0.2) is 47.4 Å². The van der Waals surface area contributed by atoms with E-state index in [0.717, 1.165) is 11.6 Å². The summed E-state index contributed by atoms with van der Waals surface area (Å²) in [5.41, 5.74) is 0.370. The highest BCUT2D eigenvalue weighted by molar-refractivity contribution is 7.89. The standard InChI is InChI=1S/C18H22N2O6S/c1-4-19(5-2)27(23,24)16-9-10-18(17(12-16)20(21)22)26-13-14-7-6-8-15(11-14)25-3/h6-12H,4-5,13H2,1-3H3. The summed E-state index contributed by atoms with van der Waals surface area (Å²) in [7, 11) is -2.25. The third-order valence-electron chi connectivity index (χ3n) is 4.00. The van der Waals surface area contributed by atoms with Gasteiger partial charge in [-0.2, -0.15) is 4.31 Å². The van der Waals surface area contributed by atoms with Crippen molar-refractivity contribution in [2.24, 2.45) is 0 Å². The molecule has 0 amide bonds. The van der Waals surface area contributed by atoms with E-state index in [1.54, 1.807) is 45.2 Å². The van der Waals surface area contributed by atoms with E-state index in [2.05, 4.69) is 0 Å². The second-order valence-electron chi connectivity index (χ2n) is 5.62. The number of ether oxygens (including phenoxy) is 2. The molecule has 0 bridgehead atoms. The largest absolute Gasteiger partial charge is 0.497 e. The van der Waals surface area contributed by atoms with Gasteiger partial charge in [-0.05, 0) is 29.8 Å². The van der Waals surface area contributed by atoms with Gasteiger partial charge in [0.25, 0.3) is 0 Å². The van der Waals surface area contributed by atoms with Gasteiger partial charge in [0.2, 0.25) is 10.0 Å². The van der Waals surface area contributed by atoms with Crippen molar-refractivity contribution in [2.75, 3.05) is 20.2 Å². The van der Waals surface area contributed by atoms with E-state index in [9.17, 15) is 18.5 Å². The number of hydrogen-bond acceptors (Lipinski definition) is 6. The van der Waals surface area contributed by atoms with Crippen molar-refractivity contribution < 1.29 is 22.8 Å². The van der Waals surface area contributed by atoms with Crippen molar-refractivity contribution in [3.63, 3.8) is 0 Å². The Kier molecular flexibility index (Phi) is 6.75. The van der Waals surface area contributed by atoms with Gasteiger partial charge in [0, 0.05) is 19.2 Å². The molecule has 9 heteroatoms. The summed E-state index contributed by atoms with van der Waals surface area (Å²) in [5.74, 6) is 0.646. The molecule has 2 rings (SSSR count). The van der Waals surface area contributed by atoms with Crippen LogP contribution < -0.4 is 9.47 Å². The molecule has 0 radical (unpaired) electrons. The molecule has 0 unspecified atom stereocenters. The fraction of sp³-hybridized carbons (Fsp3) is 0.333. The average molecular weight is 394 g/mol. The molecule has 0 spiro atoms. The summed E-state index contributed by atoms with van der Waals surface area (Å²) in [5, 5.41) is 11.4. The van der Waals surface area contributed by atoms with Crippen LogP contribution in [0.25, 0.3) is 0 Å². The lowest BCUT2D eigenvalue weighted by atomic mass is 10.2. The molecule has 8 nitrogen and oxygen atoms in total. The summed E-state index contributed by atoms with van der Waals surface area (Å²) in [4.78, 5) is 10.6. The molecule has 0 atom stereocenters. The number of methoxy groups -OCH3 is 1. The second kappa shape index (κ2) is 8.83. The van der Waals surface area contributed by atoms with E-state index < -0.39 is 20.6 Å². The zero-order valence-electron chi connectivity index (χ0n) is 15.4. The average Bonchev–Trinajstić information content (AvgIpc) is 2.67. The number of nitro benzene ring substituents is 1. The van der Waals surface area contributed by atoms with Gasteiger partial charge >= 0.3 is 5.69 Å². The van der Waals surface area contributed by atoms with Crippen LogP contribution in [0.5, 0.6) is 11.5 Å². The molecule has 0 aliphatic heterocycles. The Balaban J connectivity index is 2.31. The van der Waals surface area contributed by atoms with E-state index in [0.29, 0.717) is 5.75 Å². The monoisotopic (exact) mass is 394 g/mol. The molecule has 0 saturated carbocycles. The number of rotatable bonds is 9. The molecule has 27 heavy (non-hydrogen) atoms. The molecule has 0 aliphatic rings. The predicted molar refractivity (Wildman–Crippen MR) is 101 cm³/mol. The van der Waals surface area contributed by atoms with Crippen LogP contribution in [0, 0.1) is 10.1 Å². The maximum atomic E-state index is 12.6.